The van der Waals surface area contributed by atoms with Crippen molar-refractivity contribution in [2.75, 3.05) is 5.73 Å². The Morgan fingerprint density at radius 2 is 1.84 bits per heavy atom. The van der Waals surface area contributed by atoms with Crippen molar-refractivity contribution in [2.24, 2.45) is 0 Å². The minimum Gasteiger partial charge on any atom is -0.368 e. The van der Waals surface area contributed by atoms with Crippen molar-refractivity contribution in [3.05, 3.63) is 35.8 Å². The monoisotopic (exact) mass is 265 g/mol. The van der Waals surface area contributed by atoms with Gasteiger partial charge in [0.2, 0.25) is 5.95 Å². The molecular formula is C11H6F3N5. The van der Waals surface area contributed by atoms with E-state index in [4.69, 9.17) is 5.73 Å². The first-order valence-corrected chi connectivity index (χ1v) is 5.18. The van der Waals surface area contributed by atoms with Crippen LogP contribution in [-0.4, -0.2) is 20.2 Å². The smallest absolute Gasteiger partial charge is 0.222 e. The number of halogens is 3. The number of aromatic nitrogens is 4. The van der Waals surface area contributed by atoms with Gasteiger partial charge in [-0.05, 0) is 12.1 Å². The van der Waals surface area contributed by atoms with Crippen LogP contribution in [-0.2, 0) is 0 Å². The maximum absolute atomic E-state index is 13.8. The average molecular weight is 265 g/mol. The lowest BCUT2D eigenvalue weighted by molar-refractivity contribution is 0.449. The fraction of sp³-hybridized carbons (Fsp3) is 0. The van der Waals surface area contributed by atoms with Crippen LogP contribution in [0, 0.1) is 17.5 Å². The van der Waals surface area contributed by atoms with Gasteiger partial charge in [0.05, 0.1) is 17.3 Å². The largest absolute Gasteiger partial charge is 0.368 e. The highest BCUT2D eigenvalue weighted by Crippen LogP contribution is 2.29. The summed E-state index contributed by atoms with van der Waals surface area (Å²) in [5.41, 5.74) is 5.60. The van der Waals surface area contributed by atoms with E-state index in [1.54, 1.807) is 0 Å². The molecule has 0 saturated heterocycles. The van der Waals surface area contributed by atoms with Crippen molar-refractivity contribution in [1.29, 1.82) is 0 Å². The molecule has 5 nitrogen and oxygen atoms in total. The molecule has 0 saturated carbocycles. The first kappa shape index (κ1) is 11.5. The molecule has 3 rings (SSSR count). The summed E-state index contributed by atoms with van der Waals surface area (Å²) in [6.07, 6.45) is 1.35. The fourth-order valence-corrected chi connectivity index (χ4v) is 1.77. The van der Waals surface area contributed by atoms with E-state index in [1.807, 2.05) is 0 Å². The quantitative estimate of drug-likeness (QED) is 0.659. The zero-order valence-electron chi connectivity index (χ0n) is 9.28. The zero-order chi connectivity index (χ0) is 13.6. The van der Waals surface area contributed by atoms with Crippen molar-refractivity contribution < 1.29 is 13.2 Å². The van der Waals surface area contributed by atoms with E-state index in [0.717, 1.165) is 12.1 Å². The highest BCUT2D eigenvalue weighted by atomic mass is 19.2. The summed E-state index contributed by atoms with van der Waals surface area (Å²) in [7, 11) is 0. The Morgan fingerprint density at radius 3 is 2.63 bits per heavy atom. The Bertz CT molecular complexity index is 783. The molecule has 0 spiro atoms. The third kappa shape index (κ3) is 1.68. The highest BCUT2D eigenvalue weighted by molar-refractivity contribution is 5.90. The summed E-state index contributed by atoms with van der Waals surface area (Å²) in [6, 6.07) is 1.90. The Balaban J connectivity index is 2.36. The zero-order valence-corrected chi connectivity index (χ0v) is 9.28. The minimum absolute atomic E-state index is 0.0488. The molecule has 0 aliphatic heterocycles. The van der Waals surface area contributed by atoms with Gasteiger partial charge >= 0.3 is 0 Å². The van der Waals surface area contributed by atoms with Gasteiger partial charge in [0.25, 0.3) is 0 Å². The van der Waals surface area contributed by atoms with Crippen LogP contribution in [0.25, 0.3) is 22.3 Å². The van der Waals surface area contributed by atoms with E-state index in [9.17, 15) is 13.2 Å². The first-order valence-electron chi connectivity index (χ1n) is 5.18. The second-order valence-electron chi connectivity index (χ2n) is 3.79. The molecular weight excluding hydrogens is 259 g/mol. The molecule has 0 aliphatic rings. The summed E-state index contributed by atoms with van der Waals surface area (Å²) >= 11 is 0. The predicted molar refractivity (Wildman–Crippen MR) is 61.4 cm³/mol. The van der Waals surface area contributed by atoms with E-state index in [-0.39, 0.29) is 22.9 Å². The van der Waals surface area contributed by atoms with Crippen molar-refractivity contribution in [1.82, 2.24) is 20.2 Å². The summed E-state index contributed by atoms with van der Waals surface area (Å²) in [5.74, 6) is -4.30. The summed E-state index contributed by atoms with van der Waals surface area (Å²) < 4.78 is 39.9. The van der Waals surface area contributed by atoms with E-state index >= 15 is 0 Å². The number of nitrogens with one attached hydrogen (secondary N) is 1. The van der Waals surface area contributed by atoms with Crippen LogP contribution in [0.2, 0.25) is 0 Å². The predicted octanol–water partition coefficient (Wildman–Crippen LogP) is 2.02. The number of benzene rings is 1. The lowest BCUT2D eigenvalue weighted by Gasteiger charge is -2.05. The second kappa shape index (κ2) is 3.94. The molecule has 3 N–H and O–H groups in total. The Kier molecular flexibility index (Phi) is 2.37. The van der Waals surface area contributed by atoms with Gasteiger partial charge in [-0.15, -0.1) is 0 Å². The third-order valence-corrected chi connectivity index (χ3v) is 2.62. The molecule has 0 radical (unpaired) electrons. The van der Waals surface area contributed by atoms with Crippen molar-refractivity contribution in [3.8, 4) is 11.3 Å². The third-order valence-electron chi connectivity index (χ3n) is 2.62. The highest BCUT2D eigenvalue weighted by Gasteiger charge is 2.19. The number of hydrogen-bond donors (Lipinski definition) is 2. The van der Waals surface area contributed by atoms with Crippen molar-refractivity contribution in [3.63, 3.8) is 0 Å². The van der Waals surface area contributed by atoms with Crippen LogP contribution in [0.15, 0.2) is 18.3 Å². The van der Waals surface area contributed by atoms with E-state index in [2.05, 4.69) is 20.2 Å². The van der Waals surface area contributed by atoms with Gasteiger partial charge in [0, 0.05) is 5.56 Å². The Morgan fingerprint density at radius 1 is 1.05 bits per heavy atom. The van der Waals surface area contributed by atoms with Gasteiger partial charge in [-0.25, -0.2) is 18.2 Å². The van der Waals surface area contributed by atoms with E-state index in [1.165, 1.54) is 6.20 Å². The normalized spacial score (nSPS) is 11.1. The number of H-pyrrole nitrogens is 1. The summed E-state index contributed by atoms with van der Waals surface area (Å²) in [5, 5.41) is 6.63. The molecule has 0 fully saturated rings. The number of rotatable bonds is 1. The number of hydrogen-bond acceptors (Lipinski definition) is 4. The molecule has 0 amide bonds. The number of fused-ring (bicyclic) bond motifs is 1. The SMILES string of the molecule is Nc1nc(-c2ccc(F)c(F)c2F)c2cn[nH]c2n1. The molecule has 19 heavy (non-hydrogen) atoms. The van der Waals surface area contributed by atoms with Crippen LogP contribution in [0.1, 0.15) is 0 Å². The van der Waals surface area contributed by atoms with Crippen LogP contribution >= 0.6 is 0 Å². The topological polar surface area (TPSA) is 80.5 Å². The lowest BCUT2D eigenvalue weighted by atomic mass is 10.1. The van der Waals surface area contributed by atoms with Gasteiger partial charge < -0.3 is 5.73 Å². The maximum Gasteiger partial charge on any atom is 0.222 e. The van der Waals surface area contributed by atoms with Crippen LogP contribution < -0.4 is 5.73 Å². The number of nitrogen functional groups attached to an aromatic ring is 1. The maximum atomic E-state index is 13.8. The van der Waals surface area contributed by atoms with Crippen LogP contribution in [0.4, 0.5) is 19.1 Å². The standard InChI is InChI=1S/C11H6F3N5/c12-6-2-1-4(7(13)8(6)14)9-5-3-16-19-10(5)18-11(15)17-9/h1-3H,(H3,15,16,17,18,19). The first-order chi connectivity index (χ1) is 9.08. The lowest BCUT2D eigenvalue weighted by Crippen LogP contribution is -2.00. The molecule has 0 aliphatic carbocycles. The molecule has 2 heterocycles. The second-order valence-corrected chi connectivity index (χ2v) is 3.79. The van der Waals surface area contributed by atoms with Gasteiger partial charge in [-0.1, -0.05) is 0 Å². The Hall–Kier alpha value is -2.64. The number of aromatic amines is 1. The number of nitrogens with zero attached hydrogens (tertiary/aromatic N) is 3. The molecule has 3 aromatic rings. The molecule has 8 heteroatoms. The number of nitrogens with two attached hydrogens (primary N) is 1. The van der Waals surface area contributed by atoms with Crippen molar-refractivity contribution >= 4 is 17.0 Å². The molecule has 96 valence electrons. The summed E-state index contributed by atoms with van der Waals surface area (Å²) in [4.78, 5) is 7.70. The molecule has 2 aromatic heterocycles. The Labute approximate surface area is 104 Å². The van der Waals surface area contributed by atoms with Crippen LogP contribution in [0.3, 0.4) is 0 Å². The average Bonchev–Trinajstić information content (AvgIpc) is 2.83. The van der Waals surface area contributed by atoms with Gasteiger partial charge in [0.15, 0.2) is 23.1 Å². The van der Waals surface area contributed by atoms with Gasteiger partial charge in [-0.2, -0.15) is 10.1 Å². The fourth-order valence-electron chi connectivity index (χ4n) is 1.77. The van der Waals surface area contributed by atoms with E-state index in [0.29, 0.717) is 5.39 Å². The van der Waals surface area contributed by atoms with E-state index < -0.39 is 17.5 Å². The summed E-state index contributed by atoms with van der Waals surface area (Å²) in [6.45, 7) is 0. The van der Waals surface area contributed by atoms with Gasteiger partial charge in [0.1, 0.15) is 0 Å². The van der Waals surface area contributed by atoms with Crippen LogP contribution in [0.5, 0.6) is 0 Å². The molecule has 1 aromatic carbocycles. The number of anilines is 1. The van der Waals surface area contributed by atoms with Crippen molar-refractivity contribution in [2.45, 2.75) is 0 Å². The molecule has 0 atom stereocenters. The van der Waals surface area contributed by atoms with Gasteiger partial charge in [-0.3, -0.25) is 5.10 Å². The molecule has 0 bridgehead atoms. The molecule has 0 unspecified atom stereocenters. The minimum atomic E-state index is -1.56.